The van der Waals surface area contributed by atoms with Gasteiger partial charge in [-0.3, -0.25) is 0 Å². The van der Waals surface area contributed by atoms with Crippen LogP contribution in [0.5, 0.6) is 5.75 Å². The van der Waals surface area contributed by atoms with Gasteiger partial charge in [0.2, 0.25) is 0 Å². The summed E-state index contributed by atoms with van der Waals surface area (Å²) in [5.41, 5.74) is 0.937. The Morgan fingerprint density at radius 1 is 1.27 bits per heavy atom. The van der Waals surface area contributed by atoms with E-state index < -0.39 is 6.10 Å². The topological polar surface area (TPSA) is 72.8 Å². The van der Waals surface area contributed by atoms with Crippen LogP contribution in [0.25, 0.3) is 0 Å². The average Bonchev–Trinajstić information content (AvgIpc) is 2.53. The molecule has 1 aliphatic carbocycles. The molecule has 2 amide bonds. The van der Waals surface area contributed by atoms with E-state index in [-0.39, 0.29) is 17.8 Å². The largest absolute Gasteiger partial charge is 0.508 e. The Hall–Kier alpha value is -1.75. The monoisotopic (exact) mass is 306 g/mol. The summed E-state index contributed by atoms with van der Waals surface area (Å²) < 4.78 is 0. The maximum absolute atomic E-state index is 12.5. The molecule has 1 aromatic rings. The fourth-order valence-electron chi connectivity index (χ4n) is 3.01. The van der Waals surface area contributed by atoms with E-state index in [0.29, 0.717) is 13.1 Å². The highest BCUT2D eigenvalue weighted by Gasteiger charge is 2.31. The maximum atomic E-state index is 12.5. The van der Waals surface area contributed by atoms with E-state index in [4.69, 9.17) is 0 Å². The lowest BCUT2D eigenvalue weighted by Crippen LogP contribution is -2.52. The van der Waals surface area contributed by atoms with Crippen LogP contribution in [0.4, 0.5) is 4.79 Å². The molecule has 0 bridgehead atoms. The smallest absolute Gasteiger partial charge is 0.318 e. The number of hydrogen-bond acceptors (Lipinski definition) is 3. The fraction of sp³-hybridized carbons (Fsp3) is 0.588. The molecule has 0 saturated heterocycles. The van der Waals surface area contributed by atoms with Crippen LogP contribution >= 0.6 is 0 Å². The Kier molecular flexibility index (Phi) is 6.07. The molecule has 1 saturated carbocycles. The molecule has 0 unspecified atom stereocenters. The molecule has 0 radical (unpaired) electrons. The molecule has 3 N–H and O–H groups in total. The zero-order valence-electron chi connectivity index (χ0n) is 13.2. The van der Waals surface area contributed by atoms with E-state index in [1.165, 1.54) is 0 Å². The van der Waals surface area contributed by atoms with Crippen molar-refractivity contribution >= 4 is 6.03 Å². The Morgan fingerprint density at radius 2 is 1.95 bits per heavy atom. The number of aromatic hydroxyl groups is 1. The van der Waals surface area contributed by atoms with Crippen molar-refractivity contribution in [1.82, 2.24) is 10.2 Å². The summed E-state index contributed by atoms with van der Waals surface area (Å²) in [4.78, 5) is 14.3. The van der Waals surface area contributed by atoms with Gasteiger partial charge in [-0.25, -0.2) is 4.79 Å². The van der Waals surface area contributed by atoms with Crippen molar-refractivity contribution in [1.29, 1.82) is 0 Å². The van der Waals surface area contributed by atoms with Crippen LogP contribution in [0.3, 0.4) is 0 Å². The summed E-state index contributed by atoms with van der Waals surface area (Å²) in [7, 11) is 0. The van der Waals surface area contributed by atoms with Crippen LogP contribution in [0, 0.1) is 0 Å². The van der Waals surface area contributed by atoms with Crippen LogP contribution in [0.1, 0.15) is 44.6 Å². The molecule has 0 aromatic heterocycles. The van der Waals surface area contributed by atoms with Gasteiger partial charge < -0.3 is 20.4 Å². The number of carbonyl (C=O) groups is 1. The standard InChI is InChI=1S/C17H26N2O3/c1-2-11-19(15-5-3-4-6-16(15)21)17(22)18-12-13-7-9-14(20)10-8-13/h7-10,15-16,20-21H,2-6,11-12H2,1H3,(H,18,22)/t15-,16-/m0/s1. The molecule has 5 nitrogen and oxygen atoms in total. The second-order valence-electron chi connectivity index (χ2n) is 5.94. The third-order valence-corrected chi connectivity index (χ3v) is 4.20. The van der Waals surface area contributed by atoms with Crippen molar-refractivity contribution in [2.24, 2.45) is 0 Å². The Balaban J connectivity index is 1.95. The summed E-state index contributed by atoms with van der Waals surface area (Å²) in [6, 6.07) is 6.59. The molecule has 5 heteroatoms. The molecule has 0 spiro atoms. The van der Waals surface area contributed by atoms with Gasteiger partial charge in [-0.1, -0.05) is 31.9 Å². The number of hydrogen-bond donors (Lipinski definition) is 3. The minimum atomic E-state index is -0.417. The van der Waals surface area contributed by atoms with Crippen LogP contribution < -0.4 is 5.32 Å². The van der Waals surface area contributed by atoms with Gasteiger partial charge in [-0.15, -0.1) is 0 Å². The first-order chi connectivity index (χ1) is 10.6. The van der Waals surface area contributed by atoms with Gasteiger partial charge in [0.1, 0.15) is 5.75 Å². The van der Waals surface area contributed by atoms with Gasteiger partial charge in [0.05, 0.1) is 12.1 Å². The lowest BCUT2D eigenvalue weighted by atomic mass is 9.91. The van der Waals surface area contributed by atoms with E-state index >= 15 is 0 Å². The molecule has 1 aromatic carbocycles. The highest BCUT2D eigenvalue weighted by molar-refractivity contribution is 5.74. The van der Waals surface area contributed by atoms with Crippen LogP contribution in [0.15, 0.2) is 24.3 Å². The second kappa shape index (κ2) is 8.03. The van der Waals surface area contributed by atoms with Crippen LogP contribution in [-0.2, 0) is 6.54 Å². The molecule has 22 heavy (non-hydrogen) atoms. The molecule has 1 fully saturated rings. The number of amides is 2. The number of rotatable bonds is 5. The number of nitrogens with zero attached hydrogens (tertiary/aromatic N) is 1. The number of carbonyl (C=O) groups excluding carboxylic acids is 1. The summed E-state index contributed by atoms with van der Waals surface area (Å²) >= 11 is 0. The minimum absolute atomic E-state index is 0.0754. The zero-order chi connectivity index (χ0) is 15.9. The lowest BCUT2D eigenvalue weighted by Gasteiger charge is -2.37. The van der Waals surface area contributed by atoms with Crippen LogP contribution in [-0.4, -0.2) is 39.8 Å². The summed E-state index contributed by atoms with van der Waals surface area (Å²) in [6.45, 7) is 3.11. The number of aliphatic hydroxyl groups excluding tert-OH is 1. The van der Waals surface area contributed by atoms with Gasteiger partial charge in [-0.2, -0.15) is 0 Å². The van der Waals surface area contributed by atoms with Gasteiger partial charge in [-0.05, 0) is 37.0 Å². The normalized spacial score (nSPS) is 21.4. The molecule has 0 heterocycles. The third-order valence-electron chi connectivity index (χ3n) is 4.20. The van der Waals surface area contributed by atoms with E-state index in [2.05, 4.69) is 5.32 Å². The zero-order valence-corrected chi connectivity index (χ0v) is 13.2. The summed E-state index contributed by atoms with van der Waals surface area (Å²) in [5.74, 6) is 0.216. The molecule has 122 valence electrons. The predicted molar refractivity (Wildman–Crippen MR) is 85.6 cm³/mol. The fourth-order valence-corrected chi connectivity index (χ4v) is 3.01. The molecule has 1 aliphatic rings. The SMILES string of the molecule is CCCN(C(=O)NCc1ccc(O)cc1)[C@H]1CCCC[C@@H]1O. The first kappa shape index (κ1) is 16.6. The van der Waals surface area contributed by atoms with E-state index in [1.807, 2.05) is 6.92 Å². The number of phenolic OH excluding ortho intramolecular Hbond substituents is 1. The number of urea groups is 1. The van der Waals surface area contributed by atoms with E-state index in [1.54, 1.807) is 29.2 Å². The Bertz CT molecular complexity index is 475. The van der Waals surface area contributed by atoms with Crippen molar-refractivity contribution < 1.29 is 15.0 Å². The van der Waals surface area contributed by atoms with Gasteiger partial charge >= 0.3 is 6.03 Å². The quantitative estimate of drug-likeness (QED) is 0.783. The van der Waals surface area contributed by atoms with E-state index in [9.17, 15) is 15.0 Å². The highest BCUT2D eigenvalue weighted by atomic mass is 16.3. The van der Waals surface area contributed by atoms with Crippen molar-refractivity contribution in [3.8, 4) is 5.75 Å². The number of benzene rings is 1. The van der Waals surface area contributed by atoms with Crippen LogP contribution in [0.2, 0.25) is 0 Å². The number of nitrogens with one attached hydrogen (secondary N) is 1. The minimum Gasteiger partial charge on any atom is -0.508 e. The highest BCUT2D eigenvalue weighted by Crippen LogP contribution is 2.23. The maximum Gasteiger partial charge on any atom is 0.318 e. The first-order valence-corrected chi connectivity index (χ1v) is 8.12. The molecule has 0 aliphatic heterocycles. The van der Waals surface area contributed by atoms with Gasteiger partial charge in [0.15, 0.2) is 0 Å². The number of aliphatic hydroxyl groups is 1. The van der Waals surface area contributed by atoms with Crippen molar-refractivity contribution in [3.05, 3.63) is 29.8 Å². The summed E-state index contributed by atoms with van der Waals surface area (Å²) in [5, 5.41) is 22.4. The second-order valence-corrected chi connectivity index (χ2v) is 5.94. The predicted octanol–water partition coefficient (Wildman–Crippen LogP) is 2.62. The van der Waals surface area contributed by atoms with Crippen molar-refractivity contribution in [3.63, 3.8) is 0 Å². The Morgan fingerprint density at radius 3 is 2.59 bits per heavy atom. The third kappa shape index (κ3) is 4.37. The Labute approximate surface area is 131 Å². The first-order valence-electron chi connectivity index (χ1n) is 8.12. The van der Waals surface area contributed by atoms with Crippen molar-refractivity contribution in [2.75, 3.05) is 6.54 Å². The van der Waals surface area contributed by atoms with Crippen molar-refractivity contribution in [2.45, 2.75) is 57.7 Å². The molecular formula is C17H26N2O3. The van der Waals surface area contributed by atoms with Gasteiger partial charge in [0, 0.05) is 13.1 Å². The van der Waals surface area contributed by atoms with Gasteiger partial charge in [0.25, 0.3) is 0 Å². The average molecular weight is 306 g/mol. The van der Waals surface area contributed by atoms with E-state index in [0.717, 1.165) is 37.7 Å². The molecule has 2 rings (SSSR count). The molecule has 2 atom stereocenters. The lowest BCUT2D eigenvalue weighted by molar-refractivity contribution is 0.0365. The molecular weight excluding hydrogens is 280 g/mol. The number of phenols is 1. The summed E-state index contributed by atoms with van der Waals surface area (Å²) in [6.07, 6.45) is 4.19.